The van der Waals surface area contributed by atoms with Gasteiger partial charge in [-0.2, -0.15) is 0 Å². The SMILES string of the molecule is Cc1oc(-c2ccc(C(C)(C)C)cc2)nc1CCOc1cccc2c1CCC=C2CCC(=O)O. The van der Waals surface area contributed by atoms with E-state index in [0.717, 1.165) is 46.7 Å². The van der Waals surface area contributed by atoms with E-state index in [1.54, 1.807) is 0 Å². The summed E-state index contributed by atoms with van der Waals surface area (Å²) in [5, 5.41) is 9.05. The van der Waals surface area contributed by atoms with E-state index in [1.165, 1.54) is 11.1 Å². The van der Waals surface area contributed by atoms with Crippen molar-refractivity contribution >= 4 is 11.5 Å². The molecule has 0 radical (unpaired) electrons. The molecule has 5 nitrogen and oxygen atoms in total. The Kier molecular flexibility index (Phi) is 6.92. The third-order valence-electron chi connectivity index (χ3n) is 6.36. The number of oxazole rings is 1. The van der Waals surface area contributed by atoms with Crippen molar-refractivity contribution < 1.29 is 19.1 Å². The molecule has 1 aliphatic rings. The van der Waals surface area contributed by atoms with Gasteiger partial charge in [0.2, 0.25) is 5.89 Å². The van der Waals surface area contributed by atoms with E-state index >= 15 is 0 Å². The van der Waals surface area contributed by atoms with Crippen LogP contribution >= 0.6 is 0 Å². The lowest BCUT2D eigenvalue weighted by molar-refractivity contribution is -0.136. The predicted molar refractivity (Wildman–Crippen MR) is 134 cm³/mol. The molecule has 1 aromatic heterocycles. The van der Waals surface area contributed by atoms with Gasteiger partial charge in [-0.25, -0.2) is 4.98 Å². The van der Waals surface area contributed by atoms with Gasteiger partial charge in [0.15, 0.2) is 0 Å². The molecule has 4 rings (SSSR count). The Labute approximate surface area is 201 Å². The van der Waals surface area contributed by atoms with Gasteiger partial charge in [-0.15, -0.1) is 0 Å². The number of allylic oxidation sites excluding steroid dienone is 2. The molecule has 0 amide bonds. The lowest BCUT2D eigenvalue weighted by atomic mass is 9.87. The molecule has 178 valence electrons. The summed E-state index contributed by atoms with van der Waals surface area (Å²) in [5.74, 6) is 1.55. The standard InChI is InChI=1S/C29H33NO4/c1-19-25(30-28(34-19)21-11-14-22(15-12-21)29(2,3)4)17-18-33-26-10-6-8-23-20(13-16-27(31)32)7-5-9-24(23)26/h6-8,10-12,14-15H,5,9,13,16-18H2,1-4H3,(H,31,32). The number of aryl methyl sites for hydroxylation is 1. The molecule has 0 atom stereocenters. The van der Waals surface area contributed by atoms with E-state index in [-0.39, 0.29) is 11.8 Å². The highest BCUT2D eigenvalue weighted by molar-refractivity contribution is 5.76. The minimum absolute atomic E-state index is 0.108. The number of hydrogen-bond donors (Lipinski definition) is 1. The highest BCUT2D eigenvalue weighted by Crippen LogP contribution is 2.35. The van der Waals surface area contributed by atoms with Gasteiger partial charge in [0.05, 0.1) is 12.3 Å². The van der Waals surface area contributed by atoms with Gasteiger partial charge in [-0.05, 0) is 66.5 Å². The number of nitrogens with zero attached hydrogens (tertiary/aromatic N) is 1. The second kappa shape index (κ2) is 9.88. The van der Waals surface area contributed by atoms with Crippen LogP contribution in [0.3, 0.4) is 0 Å². The van der Waals surface area contributed by atoms with Crippen LogP contribution in [-0.2, 0) is 23.1 Å². The van der Waals surface area contributed by atoms with E-state index in [1.807, 2.05) is 19.1 Å². The van der Waals surface area contributed by atoms with Gasteiger partial charge >= 0.3 is 5.97 Å². The summed E-state index contributed by atoms with van der Waals surface area (Å²) in [7, 11) is 0. The third-order valence-corrected chi connectivity index (χ3v) is 6.36. The van der Waals surface area contributed by atoms with Crippen molar-refractivity contribution in [3.05, 3.63) is 76.7 Å². The Bertz CT molecular complexity index is 1200. The van der Waals surface area contributed by atoms with Gasteiger partial charge in [0.25, 0.3) is 0 Å². The zero-order chi connectivity index (χ0) is 24.3. The molecule has 0 bridgehead atoms. The molecule has 0 aliphatic heterocycles. The van der Waals surface area contributed by atoms with Crippen LogP contribution in [0, 0.1) is 6.92 Å². The number of carboxylic acid groups (broad SMARTS) is 1. The molecule has 5 heteroatoms. The zero-order valence-electron chi connectivity index (χ0n) is 20.5. The minimum Gasteiger partial charge on any atom is -0.493 e. The second-order valence-corrected chi connectivity index (χ2v) is 9.89. The molecule has 0 spiro atoms. The van der Waals surface area contributed by atoms with Crippen molar-refractivity contribution in [1.82, 2.24) is 4.98 Å². The van der Waals surface area contributed by atoms with Crippen molar-refractivity contribution in [1.29, 1.82) is 0 Å². The second-order valence-electron chi connectivity index (χ2n) is 9.89. The number of aliphatic carboxylic acids is 1. The van der Waals surface area contributed by atoms with Crippen LogP contribution in [0.25, 0.3) is 17.0 Å². The molecule has 3 aromatic rings. The quantitative estimate of drug-likeness (QED) is 0.403. The van der Waals surface area contributed by atoms with Crippen LogP contribution in [0.1, 0.15) is 68.2 Å². The van der Waals surface area contributed by atoms with Crippen molar-refractivity contribution in [2.45, 2.75) is 65.2 Å². The minimum atomic E-state index is -0.770. The Morgan fingerprint density at radius 1 is 1.12 bits per heavy atom. The highest BCUT2D eigenvalue weighted by atomic mass is 16.5. The molecule has 0 saturated carbocycles. The summed E-state index contributed by atoms with van der Waals surface area (Å²) in [6, 6.07) is 14.4. The number of rotatable bonds is 8. The molecular formula is C29H33NO4. The summed E-state index contributed by atoms with van der Waals surface area (Å²) in [6.07, 6.45) is 5.30. The van der Waals surface area contributed by atoms with Crippen molar-refractivity contribution in [2.24, 2.45) is 0 Å². The summed E-state index contributed by atoms with van der Waals surface area (Å²) in [5.41, 5.74) is 6.65. The monoisotopic (exact) mass is 459 g/mol. The molecule has 2 aromatic carbocycles. The fourth-order valence-electron chi connectivity index (χ4n) is 4.39. The van der Waals surface area contributed by atoms with Crippen LogP contribution < -0.4 is 4.74 Å². The normalized spacial score (nSPS) is 13.4. The summed E-state index contributed by atoms with van der Waals surface area (Å²) in [6.45, 7) is 9.05. The molecule has 34 heavy (non-hydrogen) atoms. The first-order valence-electron chi connectivity index (χ1n) is 12.0. The number of carboxylic acids is 1. The van der Waals surface area contributed by atoms with Crippen LogP contribution in [0.4, 0.5) is 0 Å². The third kappa shape index (κ3) is 5.41. The van der Waals surface area contributed by atoms with Gasteiger partial charge in [-0.1, -0.05) is 51.1 Å². The average molecular weight is 460 g/mol. The number of benzene rings is 2. The predicted octanol–water partition coefficient (Wildman–Crippen LogP) is 6.76. The maximum atomic E-state index is 11.0. The molecular weight excluding hydrogens is 426 g/mol. The van der Waals surface area contributed by atoms with E-state index in [2.05, 4.69) is 57.2 Å². The van der Waals surface area contributed by atoms with Crippen molar-refractivity contribution in [2.75, 3.05) is 6.61 Å². The molecule has 0 fully saturated rings. The lowest BCUT2D eigenvalue weighted by Gasteiger charge is -2.20. The van der Waals surface area contributed by atoms with E-state index in [9.17, 15) is 4.79 Å². The summed E-state index contributed by atoms with van der Waals surface area (Å²) in [4.78, 5) is 15.7. The first kappa shape index (κ1) is 23.8. The fraction of sp³-hybridized carbons (Fsp3) is 0.379. The number of carbonyl (C=O) groups is 1. The Morgan fingerprint density at radius 2 is 1.88 bits per heavy atom. The maximum absolute atomic E-state index is 11.0. The van der Waals surface area contributed by atoms with Gasteiger partial charge in [0, 0.05) is 24.0 Å². The summed E-state index contributed by atoms with van der Waals surface area (Å²) < 4.78 is 12.1. The van der Waals surface area contributed by atoms with E-state index in [4.69, 9.17) is 19.2 Å². The number of ether oxygens (including phenoxy) is 1. The Balaban J connectivity index is 1.42. The van der Waals surface area contributed by atoms with Crippen LogP contribution in [-0.4, -0.2) is 22.7 Å². The zero-order valence-corrected chi connectivity index (χ0v) is 20.5. The Morgan fingerprint density at radius 3 is 2.59 bits per heavy atom. The fourth-order valence-corrected chi connectivity index (χ4v) is 4.39. The largest absolute Gasteiger partial charge is 0.493 e. The number of hydrogen-bond acceptors (Lipinski definition) is 4. The summed E-state index contributed by atoms with van der Waals surface area (Å²) >= 11 is 0. The van der Waals surface area contributed by atoms with Crippen LogP contribution in [0.2, 0.25) is 0 Å². The van der Waals surface area contributed by atoms with Gasteiger partial charge in [0.1, 0.15) is 11.5 Å². The topological polar surface area (TPSA) is 72.6 Å². The maximum Gasteiger partial charge on any atom is 0.303 e. The average Bonchev–Trinajstić information content (AvgIpc) is 3.17. The molecule has 1 heterocycles. The molecule has 0 unspecified atom stereocenters. The van der Waals surface area contributed by atoms with Crippen LogP contribution in [0.5, 0.6) is 5.75 Å². The Hall–Kier alpha value is -3.34. The van der Waals surface area contributed by atoms with Crippen LogP contribution in [0.15, 0.2) is 53.0 Å². The first-order valence-corrected chi connectivity index (χ1v) is 12.0. The number of aromatic nitrogens is 1. The van der Waals surface area contributed by atoms with Gasteiger partial charge in [-0.3, -0.25) is 4.79 Å². The van der Waals surface area contributed by atoms with E-state index in [0.29, 0.717) is 25.3 Å². The smallest absolute Gasteiger partial charge is 0.303 e. The van der Waals surface area contributed by atoms with Crippen molar-refractivity contribution in [3.63, 3.8) is 0 Å². The lowest BCUT2D eigenvalue weighted by Crippen LogP contribution is -2.10. The highest BCUT2D eigenvalue weighted by Gasteiger charge is 2.18. The van der Waals surface area contributed by atoms with E-state index < -0.39 is 5.97 Å². The first-order chi connectivity index (χ1) is 16.2. The molecule has 1 N–H and O–H groups in total. The van der Waals surface area contributed by atoms with Crippen molar-refractivity contribution in [3.8, 4) is 17.2 Å². The molecule has 0 saturated heterocycles. The number of fused-ring (bicyclic) bond motifs is 1. The molecule has 1 aliphatic carbocycles. The van der Waals surface area contributed by atoms with Gasteiger partial charge < -0.3 is 14.3 Å².